The van der Waals surface area contributed by atoms with E-state index in [-0.39, 0.29) is 6.04 Å². The van der Waals surface area contributed by atoms with Gasteiger partial charge < -0.3 is 4.74 Å². The normalized spacial score (nSPS) is 18.7. The third-order valence-corrected chi connectivity index (χ3v) is 4.24. The molecule has 0 aliphatic carbocycles. The van der Waals surface area contributed by atoms with Crippen LogP contribution in [0.1, 0.15) is 29.0 Å². The van der Waals surface area contributed by atoms with Crippen molar-refractivity contribution in [2.45, 2.75) is 31.7 Å². The summed E-state index contributed by atoms with van der Waals surface area (Å²) < 4.78 is 5.75. The molecule has 2 aromatic rings. The molecule has 2 unspecified atom stereocenters. The largest absolute Gasteiger partial charge is 0.493 e. The molecule has 0 saturated heterocycles. The maximum atomic E-state index is 5.86. The summed E-state index contributed by atoms with van der Waals surface area (Å²) in [6, 6.07) is 17.1. The summed E-state index contributed by atoms with van der Waals surface area (Å²) in [7, 11) is 0. The van der Waals surface area contributed by atoms with E-state index in [0.717, 1.165) is 25.2 Å². The summed E-state index contributed by atoms with van der Waals surface area (Å²) in [5.74, 6) is 7.24. The molecule has 1 aliphatic heterocycles. The molecule has 0 bridgehead atoms. The SMILES string of the molecule is Cc1cccc(CC(NN)C2CCOc3ccccc32)c1. The molecule has 2 aromatic carbocycles. The third kappa shape index (κ3) is 3.09. The van der Waals surface area contributed by atoms with Crippen LogP contribution in [0.25, 0.3) is 0 Å². The predicted octanol–water partition coefficient (Wildman–Crippen LogP) is 2.94. The molecule has 0 amide bonds. The van der Waals surface area contributed by atoms with E-state index in [1.54, 1.807) is 0 Å². The molecule has 110 valence electrons. The molecule has 3 nitrogen and oxygen atoms in total. The van der Waals surface area contributed by atoms with Gasteiger partial charge >= 0.3 is 0 Å². The number of fused-ring (bicyclic) bond motifs is 1. The van der Waals surface area contributed by atoms with Crippen LogP contribution in [-0.2, 0) is 6.42 Å². The van der Waals surface area contributed by atoms with E-state index in [2.05, 4.69) is 48.7 Å². The van der Waals surface area contributed by atoms with E-state index in [4.69, 9.17) is 10.6 Å². The first-order chi connectivity index (χ1) is 10.3. The Morgan fingerprint density at radius 2 is 2.10 bits per heavy atom. The number of hydrogen-bond donors (Lipinski definition) is 2. The van der Waals surface area contributed by atoms with Gasteiger partial charge in [-0.1, -0.05) is 48.0 Å². The lowest BCUT2D eigenvalue weighted by Crippen LogP contribution is -2.42. The maximum Gasteiger partial charge on any atom is 0.122 e. The highest BCUT2D eigenvalue weighted by Crippen LogP contribution is 2.36. The molecule has 3 heteroatoms. The summed E-state index contributed by atoms with van der Waals surface area (Å²) in [6.07, 6.45) is 1.93. The number of hydrogen-bond acceptors (Lipinski definition) is 3. The van der Waals surface area contributed by atoms with Crippen LogP contribution in [0.15, 0.2) is 48.5 Å². The minimum atomic E-state index is 0.219. The van der Waals surface area contributed by atoms with E-state index >= 15 is 0 Å². The number of para-hydroxylation sites is 1. The first-order valence-electron chi connectivity index (χ1n) is 7.51. The Kier molecular flexibility index (Phi) is 4.23. The molecule has 0 aromatic heterocycles. The lowest BCUT2D eigenvalue weighted by atomic mass is 9.84. The predicted molar refractivity (Wildman–Crippen MR) is 85.3 cm³/mol. The van der Waals surface area contributed by atoms with Gasteiger partial charge in [-0.05, 0) is 37.0 Å². The van der Waals surface area contributed by atoms with Crippen molar-refractivity contribution in [3.05, 3.63) is 65.2 Å². The van der Waals surface area contributed by atoms with Gasteiger partial charge in [0.1, 0.15) is 5.75 Å². The van der Waals surface area contributed by atoms with Crippen LogP contribution in [0.3, 0.4) is 0 Å². The molecule has 3 N–H and O–H groups in total. The fourth-order valence-electron chi connectivity index (χ4n) is 3.20. The van der Waals surface area contributed by atoms with Gasteiger partial charge in [-0.3, -0.25) is 11.3 Å². The third-order valence-electron chi connectivity index (χ3n) is 4.24. The highest BCUT2D eigenvalue weighted by molar-refractivity contribution is 5.39. The van der Waals surface area contributed by atoms with Crippen molar-refractivity contribution >= 4 is 0 Å². The molecule has 0 saturated carbocycles. The molecular weight excluding hydrogens is 260 g/mol. The second kappa shape index (κ2) is 6.29. The lowest BCUT2D eigenvalue weighted by Gasteiger charge is -2.32. The second-order valence-electron chi connectivity index (χ2n) is 5.75. The second-order valence-corrected chi connectivity index (χ2v) is 5.75. The molecule has 1 heterocycles. The molecule has 0 spiro atoms. The van der Waals surface area contributed by atoms with Gasteiger partial charge in [-0.2, -0.15) is 0 Å². The van der Waals surface area contributed by atoms with Gasteiger partial charge in [0.15, 0.2) is 0 Å². The van der Waals surface area contributed by atoms with E-state index in [1.165, 1.54) is 16.7 Å². The Labute approximate surface area is 126 Å². The number of nitrogens with one attached hydrogen (secondary N) is 1. The summed E-state index contributed by atoms with van der Waals surface area (Å²) in [5, 5.41) is 0. The fourth-order valence-corrected chi connectivity index (χ4v) is 3.20. The number of rotatable bonds is 4. The van der Waals surface area contributed by atoms with Gasteiger partial charge in [0, 0.05) is 12.0 Å². The smallest absolute Gasteiger partial charge is 0.122 e. The zero-order valence-electron chi connectivity index (χ0n) is 12.4. The van der Waals surface area contributed by atoms with Gasteiger partial charge in [-0.25, -0.2) is 0 Å². The van der Waals surface area contributed by atoms with E-state index in [1.807, 2.05) is 12.1 Å². The molecule has 1 aliphatic rings. The highest BCUT2D eigenvalue weighted by atomic mass is 16.5. The average Bonchev–Trinajstić information content (AvgIpc) is 2.52. The minimum Gasteiger partial charge on any atom is -0.493 e. The van der Waals surface area contributed by atoms with E-state index in [0.29, 0.717) is 5.92 Å². The van der Waals surface area contributed by atoms with E-state index < -0.39 is 0 Å². The van der Waals surface area contributed by atoms with Crippen LogP contribution in [0.4, 0.5) is 0 Å². The topological polar surface area (TPSA) is 47.3 Å². The number of aryl methyl sites for hydroxylation is 1. The molecular formula is C18H22N2O. The molecule has 2 atom stereocenters. The van der Waals surface area contributed by atoms with Crippen LogP contribution in [0.2, 0.25) is 0 Å². The Morgan fingerprint density at radius 1 is 1.24 bits per heavy atom. The zero-order chi connectivity index (χ0) is 14.7. The first-order valence-corrected chi connectivity index (χ1v) is 7.51. The molecule has 0 radical (unpaired) electrons. The Morgan fingerprint density at radius 3 is 2.90 bits per heavy atom. The quantitative estimate of drug-likeness (QED) is 0.669. The summed E-state index contributed by atoms with van der Waals surface area (Å²) in [5.41, 5.74) is 6.90. The van der Waals surface area contributed by atoms with Crippen molar-refractivity contribution in [1.29, 1.82) is 0 Å². The monoisotopic (exact) mass is 282 g/mol. The van der Waals surface area contributed by atoms with Crippen LogP contribution in [-0.4, -0.2) is 12.6 Å². The molecule has 0 fully saturated rings. The van der Waals surface area contributed by atoms with Crippen molar-refractivity contribution in [2.75, 3.05) is 6.61 Å². The van der Waals surface area contributed by atoms with Crippen LogP contribution in [0.5, 0.6) is 5.75 Å². The summed E-state index contributed by atoms with van der Waals surface area (Å²) in [4.78, 5) is 0. The van der Waals surface area contributed by atoms with Gasteiger partial charge in [0.25, 0.3) is 0 Å². The maximum absolute atomic E-state index is 5.86. The summed E-state index contributed by atoms with van der Waals surface area (Å²) in [6.45, 7) is 2.88. The lowest BCUT2D eigenvalue weighted by molar-refractivity contribution is 0.245. The standard InChI is InChI=1S/C18H22N2O/c1-13-5-4-6-14(11-13)12-17(20-19)15-9-10-21-18-8-3-2-7-16(15)18/h2-8,11,15,17,20H,9-10,12,19H2,1H3. The molecule has 21 heavy (non-hydrogen) atoms. The number of nitrogens with two attached hydrogens (primary N) is 1. The van der Waals surface area contributed by atoms with Crippen LogP contribution < -0.4 is 16.0 Å². The van der Waals surface area contributed by atoms with Gasteiger partial charge in [-0.15, -0.1) is 0 Å². The van der Waals surface area contributed by atoms with Crippen molar-refractivity contribution < 1.29 is 4.74 Å². The van der Waals surface area contributed by atoms with Crippen LogP contribution >= 0.6 is 0 Å². The number of ether oxygens (including phenoxy) is 1. The van der Waals surface area contributed by atoms with Crippen LogP contribution in [0, 0.1) is 6.92 Å². The van der Waals surface area contributed by atoms with Crippen molar-refractivity contribution in [2.24, 2.45) is 5.84 Å². The number of hydrazine groups is 1. The first kappa shape index (κ1) is 14.1. The Balaban J connectivity index is 1.84. The zero-order valence-corrected chi connectivity index (χ0v) is 12.4. The van der Waals surface area contributed by atoms with Gasteiger partial charge in [0.05, 0.1) is 6.61 Å². The molecule has 3 rings (SSSR count). The van der Waals surface area contributed by atoms with Gasteiger partial charge in [0.2, 0.25) is 0 Å². The highest BCUT2D eigenvalue weighted by Gasteiger charge is 2.28. The Hall–Kier alpha value is -1.84. The van der Waals surface area contributed by atoms with Crippen molar-refractivity contribution in [3.63, 3.8) is 0 Å². The van der Waals surface area contributed by atoms with E-state index in [9.17, 15) is 0 Å². The van der Waals surface area contributed by atoms with Crippen molar-refractivity contribution in [3.8, 4) is 5.75 Å². The fraction of sp³-hybridized carbons (Fsp3) is 0.333. The summed E-state index contributed by atoms with van der Waals surface area (Å²) >= 11 is 0. The average molecular weight is 282 g/mol. The Bertz CT molecular complexity index is 612. The minimum absolute atomic E-state index is 0.219. The van der Waals surface area contributed by atoms with Crippen molar-refractivity contribution in [1.82, 2.24) is 5.43 Å². The number of benzene rings is 2.